The molecule has 1 unspecified atom stereocenters. The zero-order valence-electron chi connectivity index (χ0n) is 10.5. The van der Waals surface area contributed by atoms with Crippen molar-refractivity contribution in [2.24, 2.45) is 0 Å². The number of hydrogen-bond acceptors (Lipinski definition) is 4. The second-order valence-corrected chi connectivity index (χ2v) is 4.27. The monoisotopic (exact) mass is 257 g/mol. The number of hydrogen-bond donors (Lipinski definition) is 3. The zero-order valence-corrected chi connectivity index (χ0v) is 10.5. The molecule has 0 radical (unpaired) electrons. The van der Waals surface area contributed by atoms with Crippen molar-refractivity contribution in [1.82, 2.24) is 10.3 Å². The Morgan fingerprint density at radius 3 is 2.79 bits per heavy atom. The number of carbonyl (C=O) groups excluding carboxylic acids is 1. The second kappa shape index (κ2) is 5.39. The normalized spacial score (nSPS) is 11.8. The third-order valence-corrected chi connectivity index (χ3v) is 2.74. The van der Waals surface area contributed by atoms with E-state index in [9.17, 15) is 9.90 Å². The highest BCUT2D eigenvalue weighted by atomic mass is 16.3. The number of phenolic OH excluding ortho intramolecular Hbond substituents is 1. The lowest BCUT2D eigenvalue weighted by Gasteiger charge is -2.14. The number of pyridine rings is 1. The minimum absolute atomic E-state index is 0.171. The predicted octanol–water partition coefficient (Wildman–Crippen LogP) is 1.86. The molecule has 0 aliphatic heterocycles. The third-order valence-electron chi connectivity index (χ3n) is 2.74. The van der Waals surface area contributed by atoms with Gasteiger partial charge in [0.15, 0.2) is 0 Å². The van der Waals surface area contributed by atoms with Gasteiger partial charge < -0.3 is 16.2 Å². The summed E-state index contributed by atoms with van der Waals surface area (Å²) < 4.78 is 0. The first-order valence-electron chi connectivity index (χ1n) is 5.87. The van der Waals surface area contributed by atoms with E-state index in [1.165, 1.54) is 6.20 Å². The molecule has 1 atom stereocenters. The van der Waals surface area contributed by atoms with E-state index in [-0.39, 0.29) is 17.7 Å². The Kier molecular flexibility index (Phi) is 3.66. The maximum atomic E-state index is 11.9. The number of benzene rings is 1. The standard InChI is InChI=1S/C14H15N3O2/c1-9(10-3-2-4-12(18)7-10)17-14(19)13-6-5-11(15)8-16-13/h2-9,18H,15H2,1H3,(H,17,19). The van der Waals surface area contributed by atoms with Gasteiger partial charge in [0.25, 0.3) is 5.91 Å². The maximum absolute atomic E-state index is 11.9. The van der Waals surface area contributed by atoms with Gasteiger partial charge in [-0.25, -0.2) is 4.98 Å². The van der Waals surface area contributed by atoms with Crippen molar-refractivity contribution in [3.8, 4) is 5.75 Å². The number of phenols is 1. The zero-order chi connectivity index (χ0) is 13.8. The van der Waals surface area contributed by atoms with Gasteiger partial charge in [-0.15, -0.1) is 0 Å². The first-order valence-corrected chi connectivity index (χ1v) is 5.87. The molecule has 5 heteroatoms. The Morgan fingerprint density at radius 2 is 2.16 bits per heavy atom. The molecule has 0 spiro atoms. The van der Waals surface area contributed by atoms with Crippen LogP contribution in [0.5, 0.6) is 5.75 Å². The van der Waals surface area contributed by atoms with Crippen LogP contribution in [-0.2, 0) is 0 Å². The molecule has 2 rings (SSSR count). The smallest absolute Gasteiger partial charge is 0.270 e. The van der Waals surface area contributed by atoms with Gasteiger partial charge in [-0.05, 0) is 36.8 Å². The average molecular weight is 257 g/mol. The number of anilines is 1. The van der Waals surface area contributed by atoms with Crippen LogP contribution in [0.15, 0.2) is 42.6 Å². The van der Waals surface area contributed by atoms with Gasteiger partial charge in [-0.1, -0.05) is 12.1 Å². The van der Waals surface area contributed by atoms with Gasteiger partial charge in [-0.3, -0.25) is 4.79 Å². The molecule has 0 saturated heterocycles. The van der Waals surface area contributed by atoms with E-state index >= 15 is 0 Å². The minimum atomic E-state index is -0.282. The van der Waals surface area contributed by atoms with Crippen LogP contribution in [0.25, 0.3) is 0 Å². The lowest BCUT2D eigenvalue weighted by molar-refractivity contribution is 0.0935. The molecule has 0 fully saturated rings. The van der Waals surface area contributed by atoms with Crippen molar-refractivity contribution in [1.29, 1.82) is 0 Å². The third kappa shape index (κ3) is 3.22. The number of amides is 1. The maximum Gasteiger partial charge on any atom is 0.270 e. The molecular formula is C14H15N3O2. The van der Waals surface area contributed by atoms with Crippen molar-refractivity contribution in [3.05, 3.63) is 53.9 Å². The number of nitrogens with two attached hydrogens (primary N) is 1. The summed E-state index contributed by atoms with van der Waals surface area (Å²) in [6.45, 7) is 1.84. The highest BCUT2D eigenvalue weighted by molar-refractivity contribution is 5.92. The van der Waals surface area contributed by atoms with Crippen LogP contribution in [-0.4, -0.2) is 16.0 Å². The molecule has 0 bridgehead atoms. The fourth-order valence-corrected chi connectivity index (χ4v) is 1.69. The summed E-state index contributed by atoms with van der Waals surface area (Å²) in [6.07, 6.45) is 1.44. The number of aromatic hydroxyl groups is 1. The van der Waals surface area contributed by atoms with Crippen molar-refractivity contribution in [3.63, 3.8) is 0 Å². The Hall–Kier alpha value is -2.56. The summed E-state index contributed by atoms with van der Waals surface area (Å²) in [7, 11) is 0. The largest absolute Gasteiger partial charge is 0.508 e. The molecule has 1 amide bonds. The molecule has 1 aromatic carbocycles. The number of nitrogens with one attached hydrogen (secondary N) is 1. The molecule has 1 aromatic heterocycles. The highest BCUT2D eigenvalue weighted by Crippen LogP contribution is 2.18. The quantitative estimate of drug-likeness (QED) is 0.783. The summed E-state index contributed by atoms with van der Waals surface area (Å²) in [5, 5.41) is 12.2. The summed E-state index contributed by atoms with van der Waals surface area (Å²) in [4.78, 5) is 15.9. The number of carbonyl (C=O) groups is 1. The van der Waals surface area contributed by atoms with Crippen LogP contribution >= 0.6 is 0 Å². The van der Waals surface area contributed by atoms with Gasteiger partial charge in [0.05, 0.1) is 17.9 Å². The molecule has 19 heavy (non-hydrogen) atoms. The Balaban J connectivity index is 2.08. The molecule has 98 valence electrons. The van der Waals surface area contributed by atoms with E-state index in [4.69, 9.17) is 5.73 Å². The second-order valence-electron chi connectivity index (χ2n) is 4.27. The molecule has 4 N–H and O–H groups in total. The van der Waals surface area contributed by atoms with Crippen LogP contribution in [0.1, 0.15) is 29.0 Å². The van der Waals surface area contributed by atoms with Gasteiger partial charge in [0, 0.05) is 0 Å². The lowest BCUT2D eigenvalue weighted by Crippen LogP contribution is -2.27. The topological polar surface area (TPSA) is 88.2 Å². The van der Waals surface area contributed by atoms with E-state index < -0.39 is 0 Å². The van der Waals surface area contributed by atoms with Crippen molar-refractivity contribution in [2.75, 3.05) is 5.73 Å². The van der Waals surface area contributed by atoms with E-state index in [0.717, 1.165) is 5.56 Å². The predicted molar refractivity (Wildman–Crippen MR) is 72.6 cm³/mol. The van der Waals surface area contributed by atoms with E-state index in [0.29, 0.717) is 11.4 Å². The molecular weight excluding hydrogens is 242 g/mol. The van der Waals surface area contributed by atoms with E-state index in [2.05, 4.69) is 10.3 Å². The number of rotatable bonds is 3. The summed E-state index contributed by atoms with van der Waals surface area (Å²) in [6, 6.07) is 9.73. The van der Waals surface area contributed by atoms with E-state index in [1.54, 1.807) is 30.3 Å². The fraction of sp³-hybridized carbons (Fsp3) is 0.143. The number of nitrogen functional groups attached to an aromatic ring is 1. The Bertz CT molecular complexity index is 581. The summed E-state index contributed by atoms with van der Waals surface area (Å²) in [5.74, 6) is -0.111. The molecule has 0 saturated carbocycles. The fourth-order valence-electron chi connectivity index (χ4n) is 1.69. The van der Waals surface area contributed by atoms with Crippen molar-refractivity contribution in [2.45, 2.75) is 13.0 Å². The van der Waals surface area contributed by atoms with Crippen LogP contribution in [0, 0.1) is 0 Å². The highest BCUT2D eigenvalue weighted by Gasteiger charge is 2.12. The molecule has 0 aliphatic carbocycles. The van der Waals surface area contributed by atoms with Crippen molar-refractivity contribution >= 4 is 11.6 Å². The minimum Gasteiger partial charge on any atom is -0.508 e. The summed E-state index contributed by atoms with van der Waals surface area (Å²) in [5.41, 5.74) is 7.16. The van der Waals surface area contributed by atoms with Gasteiger partial charge in [0.1, 0.15) is 11.4 Å². The average Bonchev–Trinajstić information content (AvgIpc) is 2.39. The summed E-state index contributed by atoms with van der Waals surface area (Å²) >= 11 is 0. The SMILES string of the molecule is CC(NC(=O)c1ccc(N)cn1)c1cccc(O)c1. The number of nitrogens with zero attached hydrogens (tertiary/aromatic N) is 1. The molecule has 1 heterocycles. The van der Waals surface area contributed by atoms with E-state index in [1.807, 2.05) is 13.0 Å². The molecule has 2 aromatic rings. The van der Waals surface area contributed by atoms with Crippen LogP contribution in [0.2, 0.25) is 0 Å². The lowest BCUT2D eigenvalue weighted by atomic mass is 10.1. The first kappa shape index (κ1) is 12.9. The van der Waals surface area contributed by atoms with Gasteiger partial charge in [0.2, 0.25) is 0 Å². The van der Waals surface area contributed by atoms with Crippen LogP contribution in [0.3, 0.4) is 0 Å². The number of aromatic nitrogens is 1. The van der Waals surface area contributed by atoms with Crippen molar-refractivity contribution < 1.29 is 9.90 Å². The first-order chi connectivity index (χ1) is 9.06. The van der Waals surface area contributed by atoms with Crippen LogP contribution < -0.4 is 11.1 Å². The Morgan fingerprint density at radius 1 is 1.37 bits per heavy atom. The molecule has 5 nitrogen and oxygen atoms in total. The molecule has 0 aliphatic rings. The van der Waals surface area contributed by atoms with Gasteiger partial charge in [-0.2, -0.15) is 0 Å². The van der Waals surface area contributed by atoms with Crippen LogP contribution in [0.4, 0.5) is 5.69 Å². The van der Waals surface area contributed by atoms with Gasteiger partial charge >= 0.3 is 0 Å². The Labute approximate surface area is 111 Å².